The van der Waals surface area contributed by atoms with Crippen LogP contribution in [0.4, 0.5) is 0 Å². The van der Waals surface area contributed by atoms with Crippen molar-refractivity contribution in [3.05, 3.63) is 11.6 Å². The lowest BCUT2D eigenvalue weighted by atomic mass is 9.43. The van der Waals surface area contributed by atoms with Crippen LogP contribution in [0, 0.1) is 34.5 Å². The van der Waals surface area contributed by atoms with Gasteiger partial charge in [0.15, 0.2) is 5.78 Å². The Morgan fingerprint density at radius 1 is 1.21 bits per heavy atom. The van der Waals surface area contributed by atoms with Crippen LogP contribution in [0.15, 0.2) is 11.6 Å². The fourth-order valence-corrected chi connectivity index (χ4v) is 8.18. The molecule has 188 valence electrons. The molecule has 8 nitrogen and oxygen atoms in total. The van der Waals surface area contributed by atoms with Gasteiger partial charge in [0.2, 0.25) is 0 Å². The Labute approximate surface area is 200 Å². The maximum Gasteiger partial charge on any atom is 0.309 e. The van der Waals surface area contributed by atoms with Crippen molar-refractivity contribution < 1.29 is 38.9 Å². The number of hydrogen-bond acceptors (Lipinski definition) is 7. The highest BCUT2D eigenvalue weighted by Gasteiger charge is 2.69. The third-order valence-corrected chi connectivity index (χ3v) is 9.83. The summed E-state index contributed by atoms with van der Waals surface area (Å²) in [5.74, 6) is -2.72. The Balaban J connectivity index is 1.85. The standard InChI is InChI=1S/C26H36O8/c1-14(27)34-19-13-25(3)18(6-9-26(25,32)10-7-20(29)30)21-17(23(31)33-4)12-15-11-16(28)5-8-24(15,2)22(19)21/h11,17-19,21-22,32H,5-10,12-13H2,1-4H3,(H,29,30)/t17?,18-,19?,21-,22-,24-,25-,26+/m0/s1. The predicted octanol–water partition coefficient (Wildman–Crippen LogP) is 3.05. The first-order chi connectivity index (χ1) is 15.9. The molecular formula is C26H36O8. The SMILES string of the molecule is COC(=O)C1CC2=CC(=O)CC[C@]2(C)[C@H]2C(OC(C)=O)C[C@@]3(C)[C@@H](CC[C@@]3(O)CCC(=O)O)[C@H]12. The van der Waals surface area contributed by atoms with E-state index in [-0.39, 0.29) is 42.3 Å². The van der Waals surface area contributed by atoms with Crippen LogP contribution in [0.2, 0.25) is 0 Å². The predicted molar refractivity (Wildman–Crippen MR) is 120 cm³/mol. The quantitative estimate of drug-likeness (QED) is 0.580. The summed E-state index contributed by atoms with van der Waals surface area (Å²) in [6.07, 6.45) is 3.98. The lowest BCUT2D eigenvalue weighted by Crippen LogP contribution is -2.63. The molecule has 0 spiro atoms. The summed E-state index contributed by atoms with van der Waals surface area (Å²) in [5.41, 5.74) is -1.45. The Bertz CT molecular complexity index is 939. The zero-order valence-corrected chi connectivity index (χ0v) is 20.5. The van der Waals surface area contributed by atoms with Crippen molar-refractivity contribution >= 4 is 23.7 Å². The number of allylic oxidation sites excluding steroid dienone is 1. The molecule has 0 amide bonds. The third kappa shape index (κ3) is 3.69. The Morgan fingerprint density at radius 3 is 2.53 bits per heavy atom. The van der Waals surface area contributed by atoms with Crippen LogP contribution in [-0.4, -0.2) is 52.7 Å². The number of methoxy groups -OCH3 is 1. The minimum Gasteiger partial charge on any atom is -0.481 e. The number of esters is 2. The molecule has 4 aliphatic rings. The van der Waals surface area contributed by atoms with Gasteiger partial charge in [-0.25, -0.2) is 0 Å². The molecule has 2 unspecified atom stereocenters. The zero-order valence-electron chi connectivity index (χ0n) is 20.5. The van der Waals surface area contributed by atoms with Gasteiger partial charge >= 0.3 is 17.9 Å². The number of aliphatic carboxylic acids is 1. The fraction of sp³-hybridized carbons (Fsp3) is 0.769. The lowest BCUT2D eigenvalue weighted by Gasteiger charge is -2.62. The highest BCUT2D eigenvalue weighted by Crippen LogP contribution is 2.69. The summed E-state index contributed by atoms with van der Waals surface area (Å²) in [5, 5.41) is 21.1. The van der Waals surface area contributed by atoms with Crippen LogP contribution in [0.5, 0.6) is 0 Å². The fourth-order valence-electron chi connectivity index (χ4n) is 8.18. The number of carboxylic acid groups (broad SMARTS) is 1. The van der Waals surface area contributed by atoms with Gasteiger partial charge in [-0.3, -0.25) is 19.2 Å². The Kier molecular flexibility index (Phi) is 6.20. The number of ether oxygens (including phenoxy) is 2. The van der Waals surface area contributed by atoms with Gasteiger partial charge in [-0.05, 0) is 61.9 Å². The maximum atomic E-state index is 13.1. The number of rotatable bonds is 5. The van der Waals surface area contributed by atoms with Gasteiger partial charge in [0.1, 0.15) is 6.10 Å². The van der Waals surface area contributed by atoms with Crippen LogP contribution in [0.1, 0.15) is 72.1 Å². The van der Waals surface area contributed by atoms with Crippen molar-refractivity contribution in [2.45, 2.75) is 83.8 Å². The number of aliphatic hydroxyl groups is 1. The van der Waals surface area contributed by atoms with Crippen LogP contribution in [0.3, 0.4) is 0 Å². The van der Waals surface area contributed by atoms with Gasteiger partial charge in [0.25, 0.3) is 0 Å². The molecule has 3 saturated carbocycles. The summed E-state index contributed by atoms with van der Waals surface area (Å²) in [6.45, 7) is 5.44. The van der Waals surface area contributed by atoms with E-state index in [0.29, 0.717) is 38.5 Å². The van der Waals surface area contributed by atoms with E-state index in [9.17, 15) is 29.4 Å². The molecule has 8 atom stereocenters. The molecule has 0 bridgehead atoms. The highest BCUT2D eigenvalue weighted by molar-refractivity contribution is 5.92. The number of carbonyl (C=O) groups excluding carboxylic acids is 3. The molecule has 8 heteroatoms. The molecule has 2 N–H and O–H groups in total. The first-order valence-electron chi connectivity index (χ1n) is 12.3. The third-order valence-electron chi connectivity index (χ3n) is 9.83. The van der Waals surface area contributed by atoms with Gasteiger partial charge in [-0.1, -0.05) is 19.4 Å². The van der Waals surface area contributed by atoms with Crippen molar-refractivity contribution in [2.75, 3.05) is 7.11 Å². The summed E-state index contributed by atoms with van der Waals surface area (Å²) >= 11 is 0. The number of hydrogen-bond donors (Lipinski definition) is 2. The molecule has 0 aromatic carbocycles. The van der Waals surface area contributed by atoms with Crippen LogP contribution in [0.25, 0.3) is 0 Å². The van der Waals surface area contributed by atoms with Crippen molar-refractivity contribution in [3.63, 3.8) is 0 Å². The van der Waals surface area contributed by atoms with Gasteiger partial charge < -0.3 is 19.7 Å². The van der Waals surface area contributed by atoms with Crippen molar-refractivity contribution in [2.24, 2.45) is 34.5 Å². The minimum atomic E-state index is -1.24. The smallest absolute Gasteiger partial charge is 0.309 e. The largest absolute Gasteiger partial charge is 0.481 e. The summed E-state index contributed by atoms with van der Waals surface area (Å²) < 4.78 is 11.1. The molecule has 0 aromatic rings. The average Bonchev–Trinajstić information content (AvgIpc) is 3.02. The van der Waals surface area contributed by atoms with Crippen LogP contribution < -0.4 is 0 Å². The zero-order chi connectivity index (χ0) is 25.1. The molecule has 34 heavy (non-hydrogen) atoms. The van der Waals surface area contributed by atoms with Crippen LogP contribution in [-0.2, 0) is 28.7 Å². The molecule has 0 radical (unpaired) electrons. The second kappa shape index (κ2) is 8.47. The summed E-state index contributed by atoms with van der Waals surface area (Å²) in [7, 11) is 1.36. The molecular weight excluding hydrogens is 440 g/mol. The van der Waals surface area contributed by atoms with E-state index in [0.717, 1.165) is 5.57 Å². The van der Waals surface area contributed by atoms with E-state index < -0.39 is 40.4 Å². The van der Waals surface area contributed by atoms with Crippen molar-refractivity contribution in [1.82, 2.24) is 0 Å². The van der Waals surface area contributed by atoms with E-state index in [1.54, 1.807) is 6.08 Å². The molecule has 3 fully saturated rings. The second-order valence-electron chi connectivity index (χ2n) is 11.3. The number of fused-ring (bicyclic) bond motifs is 5. The molecule has 0 aromatic heterocycles. The first kappa shape index (κ1) is 24.9. The average molecular weight is 477 g/mol. The Hall–Kier alpha value is -2.22. The molecule has 0 heterocycles. The van der Waals surface area contributed by atoms with Gasteiger partial charge in [-0.2, -0.15) is 0 Å². The van der Waals surface area contributed by atoms with E-state index in [1.807, 2.05) is 6.92 Å². The summed E-state index contributed by atoms with van der Waals surface area (Å²) in [4.78, 5) is 49.0. The lowest BCUT2D eigenvalue weighted by molar-refractivity contribution is -0.205. The normalized spacial score (nSPS) is 43.1. The van der Waals surface area contributed by atoms with Crippen LogP contribution >= 0.6 is 0 Å². The number of carboxylic acids is 1. The monoisotopic (exact) mass is 476 g/mol. The summed E-state index contributed by atoms with van der Waals surface area (Å²) in [6, 6.07) is 0. The maximum absolute atomic E-state index is 13.1. The molecule has 0 aliphatic heterocycles. The van der Waals surface area contributed by atoms with Gasteiger partial charge in [0.05, 0.1) is 18.6 Å². The van der Waals surface area contributed by atoms with Gasteiger partial charge in [-0.15, -0.1) is 0 Å². The first-order valence-corrected chi connectivity index (χ1v) is 12.3. The van der Waals surface area contributed by atoms with Gasteiger partial charge in [0, 0.05) is 31.1 Å². The molecule has 4 rings (SSSR count). The second-order valence-corrected chi connectivity index (χ2v) is 11.3. The molecule has 4 aliphatic carbocycles. The Morgan fingerprint density at radius 2 is 1.91 bits per heavy atom. The topological polar surface area (TPSA) is 127 Å². The van der Waals surface area contributed by atoms with E-state index in [4.69, 9.17) is 9.47 Å². The van der Waals surface area contributed by atoms with E-state index in [2.05, 4.69) is 6.92 Å². The van der Waals surface area contributed by atoms with E-state index in [1.165, 1.54) is 14.0 Å². The van der Waals surface area contributed by atoms with Crippen molar-refractivity contribution in [3.8, 4) is 0 Å². The van der Waals surface area contributed by atoms with E-state index >= 15 is 0 Å². The van der Waals surface area contributed by atoms with Crippen molar-refractivity contribution in [1.29, 1.82) is 0 Å². The number of ketones is 1. The minimum absolute atomic E-state index is 0.0446. The molecule has 0 saturated heterocycles. The highest BCUT2D eigenvalue weighted by atomic mass is 16.5. The number of carbonyl (C=O) groups is 4.